The summed E-state index contributed by atoms with van der Waals surface area (Å²) in [5.41, 5.74) is 1.63. The minimum atomic E-state index is -0.622. The van der Waals surface area contributed by atoms with Crippen LogP contribution in [0.3, 0.4) is 0 Å². The van der Waals surface area contributed by atoms with Crippen LogP contribution in [0.1, 0.15) is 21.8 Å². The number of hydrogen-bond acceptors (Lipinski definition) is 7. The highest BCUT2D eigenvalue weighted by Crippen LogP contribution is 2.36. The van der Waals surface area contributed by atoms with Gasteiger partial charge >= 0.3 is 0 Å². The van der Waals surface area contributed by atoms with Crippen LogP contribution in [0.15, 0.2) is 36.7 Å². The van der Waals surface area contributed by atoms with E-state index in [-0.39, 0.29) is 11.5 Å². The third-order valence-corrected chi connectivity index (χ3v) is 6.07. The number of pyridine rings is 2. The summed E-state index contributed by atoms with van der Waals surface area (Å²) >= 11 is 1.18. The predicted molar refractivity (Wildman–Crippen MR) is 103 cm³/mol. The first-order valence-corrected chi connectivity index (χ1v) is 9.73. The molecule has 0 saturated carbocycles. The number of rotatable bonds is 3. The van der Waals surface area contributed by atoms with Gasteiger partial charge in [-0.05, 0) is 30.7 Å². The van der Waals surface area contributed by atoms with Crippen molar-refractivity contribution in [1.29, 1.82) is 0 Å². The average molecular weight is 397 g/mol. The Balaban J connectivity index is 1.41. The van der Waals surface area contributed by atoms with Gasteiger partial charge in [0.05, 0.1) is 35.8 Å². The van der Waals surface area contributed by atoms with Crippen molar-refractivity contribution in [2.24, 2.45) is 0 Å². The van der Waals surface area contributed by atoms with Crippen LogP contribution in [0.4, 0.5) is 15.9 Å². The molecule has 3 aromatic heterocycles. The molecule has 1 N–H and O–H groups in total. The van der Waals surface area contributed by atoms with Crippen LogP contribution in [0.2, 0.25) is 0 Å². The molecule has 0 aliphatic carbocycles. The molecular formula is C19H16FN5O2S. The van der Waals surface area contributed by atoms with Gasteiger partial charge in [-0.25, -0.2) is 9.97 Å². The van der Waals surface area contributed by atoms with E-state index in [1.54, 1.807) is 35.5 Å². The number of hydrogen-bond donors (Lipinski definition) is 1. The van der Waals surface area contributed by atoms with Crippen LogP contribution in [0, 0.1) is 5.95 Å². The first kappa shape index (κ1) is 17.2. The molecule has 1 fully saturated rings. The highest BCUT2D eigenvalue weighted by molar-refractivity contribution is 7.17. The molecule has 9 heteroatoms. The third kappa shape index (κ3) is 2.83. The molecule has 3 aromatic rings. The molecule has 0 radical (unpaired) electrons. The van der Waals surface area contributed by atoms with Crippen LogP contribution in [-0.4, -0.2) is 45.2 Å². The molecule has 0 bridgehead atoms. The monoisotopic (exact) mass is 397 g/mol. The van der Waals surface area contributed by atoms with Crippen molar-refractivity contribution >= 4 is 28.7 Å². The second kappa shape index (κ2) is 6.61. The number of β-amino-alcohol motifs (C(OH)–C–C–N with tert-alkyl or cyclic N) is 1. The van der Waals surface area contributed by atoms with Crippen molar-refractivity contribution in [3.63, 3.8) is 0 Å². The average Bonchev–Trinajstić information content (AvgIpc) is 3.39. The van der Waals surface area contributed by atoms with E-state index in [0.29, 0.717) is 53.1 Å². The van der Waals surface area contributed by atoms with Gasteiger partial charge in [0.2, 0.25) is 5.95 Å². The maximum atomic E-state index is 14.7. The first-order valence-electron chi connectivity index (χ1n) is 8.91. The Morgan fingerprint density at radius 2 is 2.14 bits per heavy atom. The van der Waals surface area contributed by atoms with Gasteiger partial charge in [0.25, 0.3) is 5.91 Å². The van der Waals surface area contributed by atoms with Gasteiger partial charge in [0, 0.05) is 19.3 Å². The molecule has 1 atom stereocenters. The molecule has 5 heterocycles. The van der Waals surface area contributed by atoms with E-state index < -0.39 is 12.1 Å². The zero-order valence-electron chi connectivity index (χ0n) is 14.7. The minimum Gasteiger partial charge on any atom is -0.391 e. The van der Waals surface area contributed by atoms with E-state index in [2.05, 4.69) is 15.0 Å². The molecular weight excluding hydrogens is 381 g/mol. The summed E-state index contributed by atoms with van der Waals surface area (Å²) < 4.78 is 14.7. The molecule has 2 aliphatic heterocycles. The van der Waals surface area contributed by atoms with Crippen LogP contribution >= 0.6 is 11.3 Å². The molecule has 1 saturated heterocycles. The van der Waals surface area contributed by atoms with Gasteiger partial charge in [0.15, 0.2) is 0 Å². The first-order chi connectivity index (χ1) is 13.6. The number of carbonyl (C=O) groups excluding carboxylic acids is 1. The van der Waals surface area contributed by atoms with E-state index in [1.807, 2.05) is 11.0 Å². The molecule has 142 valence electrons. The van der Waals surface area contributed by atoms with Gasteiger partial charge in [-0.2, -0.15) is 4.39 Å². The minimum absolute atomic E-state index is 0.150. The van der Waals surface area contributed by atoms with Crippen molar-refractivity contribution in [1.82, 2.24) is 15.0 Å². The van der Waals surface area contributed by atoms with Crippen molar-refractivity contribution < 1.29 is 14.3 Å². The number of aliphatic hydroxyl groups is 1. The molecule has 0 unspecified atom stereocenters. The number of carbonyl (C=O) groups is 1. The number of nitrogens with zero attached hydrogens (tertiary/aromatic N) is 5. The number of fused-ring (bicyclic) bond motifs is 1. The summed E-state index contributed by atoms with van der Waals surface area (Å²) in [5, 5.41) is 10.1. The summed E-state index contributed by atoms with van der Waals surface area (Å²) in [6.45, 7) is 1.45. The highest BCUT2D eigenvalue weighted by atomic mass is 32.1. The van der Waals surface area contributed by atoms with Crippen molar-refractivity contribution in [3.05, 3.63) is 53.2 Å². The van der Waals surface area contributed by atoms with Crippen molar-refractivity contribution in [2.75, 3.05) is 22.9 Å². The molecule has 5 rings (SSSR count). The lowest BCUT2D eigenvalue weighted by atomic mass is 10.2. The Labute approximate surface area is 164 Å². The lowest BCUT2D eigenvalue weighted by Gasteiger charge is -2.17. The highest BCUT2D eigenvalue weighted by Gasteiger charge is 2.33. The molecule has 2 aliphatic rings. The molecule has 0 spiro atoms. The predicted octanol–water partition coefficient (Wildman–Crippen LogP) is 2.47. The summed E-state index contributed by atoms with van der Waals surface area (Å²) in [6.07, 6.45) is 3.53. The number of thiazole rings is 1. The van der Waals surface area contributed by atoms with Crippen molar-refractivity contribution in [3.8, 4) is 10.6 Å². The standard InChI is InChI=1S/C19H16FN5O2S/c20-17-13(3-4-15(23-17)24-7-5-12(26)9-24)18-22-14-10-25(19(27)16(14)28-18)11-2-1-6-21-8-11/h1-4,6,8,12,26H,5,7,9-10H2/t12-/m0/s1. The van der Waals surface area contributed by atoms with Gasteiger partial charge in [-0.1, -0.05) is 0 Å². The van der Waals surface area contributed by atoms with E-state index in [0.717, 1.165) is 0 Å². The van der Waals surface area contributed by atoms with Crippen molar-refractivity contribution in [2.45, 2.75) is 19.1 Å². The Morgan fingerprint density at radius 3 is 2.82 bits per heavy atom. The molecule has 1 amide bonds. The summed E-state index contributed by atoms with van der Waals surface area (Å²) in [4.78, 5) is 29.3. The molecule has 28 heavy (non-hydrogen) atoms. The second-order valence-electron chi connectivity index (χ2n) is 6.79. The Kier molecular flexibility index (Phi) is 4.06. The van der Waals surface area contributed by atoms with Gasteiger partial charge in [0.1, 0.15) is 15.7 Å². The Morgan fingerprint density at radius 1 is 1.25 bits per heavy atom. The quantitative estimate of drug-likeness (QED) is 0.684. The number of anilines is 2. The second-order valence-corrected chi connectivity index (χ2v) is 7.79. The SMILES string of the molecule is O=C1c2sc(-c3ccc(N4CC[C@H](O)C4)nc3F)nc2CN1c1cccnc1. The maximum Gasteiger partial charge on any atom is 0.270 e. The zero-order chi connectivity index (χ0) is 19.3. The normalized spacial score (nSPS) is 18.8. The zero-order valence-corrected chi connectivity index (χ0v) is 15.6. The Hall–Kier alpha value is -2.91. The Bertz CT molecular complexity index is 1060. The lowest BCUT2D eigenvalue weighted by molar-refractivity contribution is 0.1000. The number of amides is 1. The van der Waals surface area contributed by atoms with E-state index in [4.69, 9.17) is 0 Å². The number of aliphatic hydroxyl groups excluding tert-OH is 1. The van der Waals surface area contributed by atoms with E-state index in [1.165, 1.54) is 11.3 Å². The van der Waals surface area contributed by atoms with Gasteiger partial charge in [-0.15, -0.1) is 11.3 Å². The summed E-state index contributed by atoms with van der Waals surface area (Å²) in [6, 6.07) is 6.96. The van der Waals surface area contributed by atoms with Crippen LogP contribution < -0.4 is 9.80 Å². The molecule has 7 nitrogen and oxygen atoms in total. The maximum absolute atomic E-state index is 14.7. The molecule has 0 aromatic carbocycles. The smallest absolute Gasteiger partial charge is 0.270 e. The van der Waals surface area contributed by atoms with Crippen LogP contribution in [0.25, 0.3) is 10.6 Å². The summed E-state index contributed by atoms with van der Waals surface area (Å²) in [7, 11) is 0. The third-order valence-electron chi connectivity index (χ3n) is 4.95. The van der Waals surface area contributed by atoms with E-state index >= 15 is 0 Å². The van der Waals surface area contributed by atoms with Crippen LogP contribution in [0.5, 0.6) is 0 Å². The lowest BCUT2D eigenvalue weighted by Crippen LogP contribution is -2.23. The topological polar surface area (TPSA) is 82.5 Å². The van der Waals surface area contributed by atoms with E-state index in [9.17, 15) is 14.3 Å². The van der Waals surface area contributed by atoms with Gasteiger partial charge < -0.3 is 10.0 Å². The number of aromatic nitrogens is 3. The van der Waals surface area contributed by atoms with Gasteiger partial charge in [-0.3, -0.25) is 14.7 Å². The fraction of sp³-hybridized carbons (Fsp3) is 0.263. The number of halogens is 1. The summed E-state index contributed by atoms with van der Waals surface area (Å²) in [5.74, 6) is -0.272. The fourth-order valence-electron chi connectivity index (χ4n) is 3.52. The largest absolute Gasteiger partial charge is 0.391 e. The van der Waals surface area contributed by atoms with Crippen LogP contribution in [-0.2, 0) is 6.54 Å². The fourth-order valence-corrected chi connectivity index (χ4v) is 4.55.